The Balaban J connectivity index is 0.00000218. The van der Waals surface area contributed by atoms with Gasteiger partial charge in [0.25, 0.3) is 11.5 Å². The Labute approximate surface area is 174 Å². The van der Waals surface area contributed by atoms with Gasteiger partial charge >= 0.3 is 0 Å². The molecule has 1 atom stereocenters. The zero-order chi connectivity index (χ0) is 23.2. The number of aromatic nitrogens is 2. The van der Waals surface area contributed by atoms with Crippen LogP contribution in [-0.2, 0) is 5.92 Å². The van der Waals surface area contributed by atoms with Gasteiger partial charge in [0.2, 0.25) is 0 Å². The Kier molecular flexibility index (Phi) is 8.77. The van der Waals surface area contributed by atoms with E-state index in [0.717, 1.165) is 12.1 Å². The van der Waals surface area contributed by atoms with Crippen LogP contribution in [0.3, 0.4) is 0 Å². The van der Waals surface area contributed by atoms with Crippen molar-refractivity contribution in [3.63, 3.8) is 0 Å². The Bertz CT molecular complexity index is 937. The highest BCUT2D eigenvalue weighted by Crippen LogP contribution is 2.33. The maximum atomic E-state index is 14.3. The molecule has 0 amide bonds. The molecule has 166 valence electrons. The number of rotatable bonds is 7. The lowest BCUT2D eigenvalue weighted by atomic mass is 9.94. The summed E-state index contributed by atoms with van der Waals surface area (Å²) < 4.78 is 41.2. The molecule has 9 heteroatoms. The van der Waals surface area contributed by atoms with Crippen LogP contribution in [0.4, 0.5) is 19.0 Å². The zero-order valence-corrected chi connectivity index (χ0v) is 18.0. The van der Waals surface area contributed by atoms with E-state index in [2.05, 4.69) is 15.3 Å². The molecule has 0 aliphatic heterocycles. The fraction of sp³-hybridized carbons (Fsp3) is 0.476. The van der Waals surface area contributed by atoms with Gasteiger partial charge in [0.15, 0.2) is 0 Å². The Hall–Kier alpha value is -2.68. The smallest absolute Gasteiger partial charge is 0.273 e. The minimum Gasteiger partial charge on any atom is -0.390 e. The van der Waals surface area contributed by atoms with Crippen LogP contribution >= 0.6 is 0 Å². The summed E-state index contributed by atoms with van der Waals surface area (Å²) in [6, 6.07) is 2.88. The minimum atomic E-state index is -3.31. The number of hydrogen-bond donors (Lipinski definition) is 4. The lowest BCUT2D eigenvalue weighted by Gasteiger charge is -2.25. The number of benzene rings is 1. The molecule has 0 radical (unpaired) electrons. The molecule has 30 heavy (non-hydrogen) atoms. The highest BCUT2D eigenvalue weighted by molar-refractivity contribution is 6.02. The maximum Gasteiger partial charge on any atom is 0.273 e. The molecule has 4 N–H and O–H groups in total. The van der Waals surface area contributed by atoms with Gasteiger partial charge in [0.1, 0.15) is 23.0 Å². The molecule has 0 saturated carbocycles. The summed E-state index contributed by atoms with van der Waals surface area (Å²) in [5, 5.41) is 20.1. The molecule has 2 aromatic rings. The van der Waals surface area contributed by atoms with Crippen LogP contribution in [0.5, 0.6) is 0 Å². The number of aryl methyl sites for hydroxylation is 1. The van der Waals surface area contributed by atoms with Crippen molar-refractivity contribution in [3.8, 4) is 0 Å². The van der Waals surface area contributed by atoms with Crippen LogP contribution in [0.2, 0.25) is 0 Å². The third-order valence-electron chi connectivity index (χ3n) is 4.28. The summed E-state index contributed by atoms with van der Waals surface area (Å²) >= 11 is 0. The number of hydrogen-bond acceptors (Lipinski definition) is 5. The van der Waals surface area contributed by atoms with E-state index in [0.29, 0.717) is 12.5 Å². The monoisotopic (exact) mass is 426 g/mol. The van der Waals surface area contributed by atoms with Crippen LogP contribution in [0.25, 0.3) is 0 Å². The molecule has 1 unspecified atom stereocenters. The summed E-state index contributed by atoms with van der Waals surface area (Å²) in [6.45, 7) is 9.17. The van der Waals surface area contributed by atoms with Crippen LogP contribution in [0.15, 0.2) is 23.0 Å². The number of aliphatic hydroxyl groups excluding tert-OH is 1. The fourth-order valence-electron chi connectivity index (χ4n) is 2.91. The first-order valence-electron chi connectivity index (χ1n) is 9.69. The van der Waals surface area contributed by atoms with E-state index in [-0.39, 0.29) is 28.8 Å². The van der Waals surface area contributed by atoms with Gasteiger partial charge in [0, 0.05) is 6.92 Å². The van der Waals surface area contributed by atoms with Gasteiger partial charge in [-0.3, -0.25) is 4.79 Å². The Morgan fingerprint density at radius 3 is 2.40 bits per heavy atom. The normalized spacial score (nSPS) is 12.2. The van der Waals surface area contributed by atoms with Gasteiger partial charge in [-0.1, -0.05) is 33.8 Å². The predicted molar refractivity (Wildman–Crippen MR) is 112 cm³/mol. The number of aromatic amines is 1. The molecule has 1 heterocycles. The number of aliphatic hydroxyl groups is 1. The quantitative estimate of drug-likeness (QED) is 0.489. The number of nitrogens with one attached hydrogen (secondary N) is 3. The predicted octanol–water partition coefficient (Wildman–Crippen LogP) is 4.52. The summed E-state index contributed by atoms with van der Waals surface area (Å²) in [5.41, 5.74) is -1.36. The van der Waals surface area contributed by atoms with E-state index in [1.165, 1.54) is 6.07 Å². The Morgan fingerprint density at radius 2 is 1.93 bits per heavy atom. The van der Waals surface area contributed by atoms with Gasteiger partial charge in [-0.05, 0) is 30.5 Å². The van der Waals surface area contributed by atoms with Crippen LogP contribution in [-0.4, -0.2) is 27.4 Å². The molecular formula is C21H29F3N4O2. The second kappa shape index (κ2) is 10.4. The van der Waals surface area contributed by atoms with E-state index < -0.39 is 35.5 Å². The second-order valence-electron chi connectivity index (χ2n) is 7.01. The number of H-pyrrole nitrogens is 1. The molecule has 0 aliphatic rings. The molecule has 2 rings (SSSR count). The lowest BCUT2D eigenvalue weighted by Crippen LogP contribution is -2.27. The number of nitrogens with zero attached hydrogens (tertiary/aromatic N) is 1. The molecule has 0 bridgehead atoms. The molecular weight excluding hydrogens is 397 g/mol. The van der Waals surface area contributed by atoms with E-state index in [1.807, 2.05) is 27.7 Å². The van der Waals surface area contributed by atoms with Crippen molar-refractivity contribution in [1.82, 2.24) is 9.97 Å². The SMILES string of the molecule is CC.Cc1nc(NC(c2ccc(C(C)(F)F)c(F)c2)C(C)C)c(C(=N)CO)c(=O)[nH]1. The summed E-state index contributed by atoms with van der Waals surface area (Å²) in [4.78, 5) is 18.9. The first kappa shape index (κ1) is 25.4. The van der Waals surface area contributed by atoms with Crippen molar-refractivity contribution in [3.05, 3.63) is 56.9 Å². The molecule has 1 aromatic carbocycles. The summed E-state index contributed by atoms with van der Waals surface area (Å²) in [5.74, 6) is -4.13. The highest BCUT2D eigenvalue weighted by atomic mass is 19.3. The lowest BCUT2D eigenvalue weighted by molar-refractivity contribution is 0.0137. The second-order valence-corrected chi connectivity index (χ2v) is 7.01. The topological polar surface area (TPSA) is 102 Å². The average Bonchev–Trinajstić information content (AvgIpc) is 2.65. The van der Waals surface area contributed by atoms with E-state index >= 15 is 0 Å². The largest absolute Gasteiger partial charge is 0.390 e. The molecule has 1 aromatic heterocycles. The standard InChI is InChI=1S/C19H23F3N4O2.C2H6/c1-9(2)16(11-5-6-12(13(20)7-11)19(4,21)22)26-17-15(14(23)8-27)18(28)25-10(3)24-17;1-2/h5-7,9,16,23,27H,8H2,1-4H3,(H2,24,25,26,28);1-2H3. The molecule has 0 aliphatic carbocycles. The van der Waals surface area contributed by atoms with E-state index in [1.54, 1.807) is 6.92 Å². The van der Waals surface area contributed by atoms with Crippen molar-refractivity contribution in [1.29, 1.82) is 5.41 Å². The van der Waals surface area contributed by atoms with Crippen molar-refractivity contribution in [2.24, 2.45) is 5.92 Å². The summed E-state index contributed by atoms with van der Waals surface area (Å²) in [6.07, 6.45) is 0. The molecule has 0 fully saturated rings. The third kappa shape index (κ3) is 5.91. The minimum absolute atomic E-state index is 0.0595. The Morgan fingerprint density at radius 1 is 1.33 bits per heavy atom. The van der Waals surface area contributed by atoms with Gasteiger partial charge < -0.3 is 20.8 Å². The van der Waals surface area contributed by atoms with Crippen LogP contribution in [0.1, 0.15) is 63.2 Å². The zero-order valence-electron chi connectivity index (χ0n) is 18.0. The van der Waals surface area contributed by atoms with Gasteiger partial charge in [-0.2, -0.15) is 0 Å². The first-order chi connectivity index (χ1) is 14.0. The average molecular weight is 426 g/mol. The van der Waals surface area contributed by atoms with E-state index in [9.17, 15) is 23.1 Å². The number of anilines is 1. The van der Waals surface area contributed by atoms with Gasteiger partial charge in [-0.25, -0.2) is 18.2 Å². The van der Waals surface area contributed by atoms with Crippen molar-refractivity contribution in [2.75, 3.05) is 11.9 Å². The first-order valence-corrected chi connectivity index (χ1v) is 9.69. The van der Waals surface area contributed by atoms with Gasteiger partial charge in [0.05, 0.1) is 23.9 Å². The summed E-state index contributed by atoms with van der Waals surface area (Å²) in [7, 11) is 0. The number of halogens is 3. The van der Waals surface area contributed by atoms with Crippen molar-refractivity contribution >= 4 is 11.5 Å². The number of alkyl halides is 2. The van der Waals surface area contributed by atoms with Gasteiger partial charge in [-0.15, -0.1) is 0 Å². The molecule has 0 spiro atoms. The fourth-order valence-corrected chi connectivity index (χ4v) is 2.91. The third-order valence-corrected chi connectivity index (χ3v) is 4.28. The van der Waals surface area contributed by atoms with Crippen LogP contribution in [0, 0.1) is 24.1 Å². The maximum absolute atomic E-state index is 14.3. The molecule has 6 nitrogen and oxygen atoms in total. The molecule has 0 saturated heterocycles. The van der Waals surface area contributed by atoms with E-state index in [4.69, 9.17) is 5.41 Å². The van der Waals surface area contributed by atoms with Crippen molar-refractivity contribution in [2.45, 2.75) is 53.5 Å². The highest BCUT2D eigenvalue weighted by Gasteiger charge is 2.29. The van der Waals surface area contributed by atoms with Crippen molar-refractivity contribution < 1.29 is 18.3 Å². The van der Waals surface area contributed by atoms with Crippen LogP contribution < -0.4 is 10.9 Å².